The Kier molecular flexibility index (Phi) is 6.33. The molecule has 0 aliphatic rings. The van der Waals surface area contributed by atoms with Crippen LogP contribution in [0.5, 0.6) is 0 Å². The first kappa shape index (κ1) is 13.9. The minimum atomic E-state index is -0.0296. The fraction of sp³-hybridized carbons (Fsp3) is 1.00. The Morgan fingerprint density at radius 3 is 2.43 bits per heavy atom. The molecule has 0 bridgehead atoms. The zero-order valence-corrected chi connectivity index (χ0v) is 10.3. The topological polar surface area (TPSA) is 38.5 Å². The number of nitrogens with two attached hydrogens (primary N) is 1. The van der Waals surface area contributed by atoms with Gasteiger partial charge in [0.25, 0.3) is 0 Å². The summed E-state index contributed by atoms with van der Waals surface area (Å²) in [4.78, 5) is 2.31. The van der Waals surface area contributed by atoms with E-state index in [1.807, 2.05) is 0 Å². The molecular weight excluding hydrogens is 176 g/mol. The highest BCUT2D eigenvalue weighted by Crippen LogP contribution is 2.15. The highest BCUT2D eigenvalue weighted by Gasteiger charge is 2.28. The average molecular weight is 202 g/mol. The molecule has 86 valence electrons. The quantitative estimate of drug-likeness (QED) is 0.677. The Bertz CT molecular complexity index is 152. The van der Waals surface area contributed by atoms with E-state index in [0.29, 0.717) is 19.1 Å². The summed E-state index contributed by atoms with van der Waals surface area (Å²) in [5.41, 5.74) is 5.76. The molecule has 0 aromatic rings. The van der Waals surface area contributed by atoms with Crippen LogP contribution in [0.3, 0.4) is 0 Å². The Morgan fingerprint density at radius 1 is 1.50 bits per heavy atom. The summed E-state index contributed by atoms with van der Waals surface area (Å²) in [6, 6.07) is 0. The van der Waals surface area contributed by atoms with Crippen LogP contribution in [0.25, 0.3) is 0 Å². The van der Waals surface area contributed by atoms with Crippen molar-refractivity contribution in [3.63, 3.8) is 0 Å². The normalized spacial score (nSPS) is 18.2. The van der Waals surface area contributed by atoms with Crippen LogP contribution < -0.4 is 5.73 Å². The van der Waals surface area contributed by atoms with Gasteiger partial charge in [0.05, 0.1) is 12.1 Å². The number of rotatable bonds is 7. The van der Waals surface area contributed by atoms with Gasteiger partial charge in [-0.05, 0) is 19.9 Å². The van der Waals surface area contributed by atoms with Crippen LogP contribution in [0, 0.1) is 5.92 Å². The maximum absolute atomic E-state index is 5.79. The second-order valence-corrected chi connectivity index (χ2v) is 4.53. The fourth-order valence-electron chi connectivity index (χ4n) is 1.45. The van der Waals surface area contributed by atoms with Gasteiger partial charge in [-0.1, -0.05) is 20.3 Å². The van der Waals surface area contributed by atoms with E-state index in [4.69, 9.17) is 10.5 Å². The Hall–Kier alpha value is -0.120. The Balaban J connectivity index is 4.21. The monoisotopic (exact) mass is 202 g/mol. The van der Waals surface area contributed by atoms with E-state index in [-0.39, 0.29) is 5.54 Å². The van der Waals surface area contributed by atoms with Crippen LogP contribution in [0.1, 0.15) is 27.2 Å². The van der Waals surface area contributed by atoms with Gasteiger partial charge in [0, 0.05) is 20.2 Å². The minimum absolute atomic E-state index is 0.0296. The second-order valence-electron chi connectivity index (χ2n) is 4.53. The molecule has 0 saturated heterocycles. The predicted molar refractivity (Wildman–Crippen MR) is 61.4 cm³/mol. The third kappa shape index (κ3) is 3.95. The molecule has 0 saturated carbocycles. The molecule has 3 nitrogen and oxygen atoms in total. The molecule has 0 radical (unpaired) electrons. The van der Waals surface area contributed by atoms with E-state index >= 15 is 0 Å². The molecule has 2 N–H and O–H groups in total. The van der Waals surface area contributed by atoms with Crippen molar-refractivity contribution in [2.45, 2.75) is 32.7 Å². The summed E-state index contributed by atoms with van der Waals surface area (Å²) < 4.78 is 5.21. The first-order valence-electron chi connectivity index (χ1n) is 5.40. The Morgan fingerprint density at radius 2 is 2.07 bits per heavy atom. The van der Waals surface area contributed by atoms with Gasteiger partial charge in [0.1, 0.15) is 0 Å². The molecule has 0 fully saturated rings. The molecule has 0 rings (SSSR count). The van der Waals surface area contributed by atoms with Crippen molar-refractivity contribution in [3.8, 4) is 0 Å². The van der Waals surface area contributed by atoms with Gasteiger partial charge in [-0.3, -0.25) is 4.90 Å². The second kappa shape index (κ2) is 6.38. The molecule has 2 atom stereocenters. The van der Waals surface area contributed by atoms with E-state index in [2.05, 4.69) is 32.7 Å². The van der Waals surface area contributed by atoms with E-state index in [9.17, 15) is 0 Å². The van der Waals surface area contributed by atoms with Crippen molar-refractivity contribution < 1.29 is 4.74 Å². The molecule has 0 aromatic carbocycles. The summed E-state index contributed by atoms with van der Waals surface area (Å²) in [6.45, 7) is 9.03. The van der Waals surface area contributed by atoms with Crippen LogP contribution in [-0.4, -0.2) is 44.3 Å². The predicted octanol–water partition coefficient (Wildman–Crippen LogP) is 1.33. The molecule has 0 amide bonds. The molecule has 2 unspecified atom stereocenters. The smallest absolute Gasteiger partial charge is 0.0656 e. The van der Waals surface area contributed by atoms with E-state index in [1.54, 1.807) is 7.11 Å². The lowest BCUT2D eigenvalue weighted by Gasteiger charge is -2.38. The highest BCUT2D eigenvalue weighted by molar-refractivity contribution is 4.85. The summed E-state index contributed by atoms with van der Waals surface area (Å²) in [6.07, 6.45) is 1.21. The van der Waals surface area contributed by atoms with Gasteiger partial charge < -0.3 is 10.5 Å². The number of ether oxygens (including phenoxy) is 1. The van der Waals surface area contributed by atoms with Crippen LogP contribution in [0.2, 0.25) is 0 Å². The molecule has 0 aliphatic heterocycles. The number of methoxy groups -OCH3 is 1. The largest absolute Gasteiger partial charge is 0.383 e. The number of likely N-dealkylation sites (N-methyl/N-ethyl adjacent to an activating group) is 1. The van der Waals surface area contributed by atoms with Gasteiger partial charge in [-0.2, -0.15) is 0 Å². The average Bonchev–Trinajstić information content (AvgIpc) is 2.17. The first-order valence-corrected chi connectivity index (χ1v) is 5.40. The fourth-order valence-corrected chi connectivity index (χ4v) is 1.45. The van der Waals surface area contributed by atoms with E-state index < -0.39 is 0 Å². The van der Waals surface area contributed by atoms with Crippen molar-refractivity contribution >= 4 is 0 Å². The van der Waals surface area contributed by atoms with Crippen molar-refractivity contribution in [1.82, 2.24) is 4.90 Å². The third-order valence-electron chi connectivity index (χ3n) is 3.10. The van der Waals surface area contributed by atoms with E-state index in [0.717, 1.165) is 6.54 Å². The molecule has 0 aliphatic carbocycles. The van der Waals surface area contributed by atoms with E-state index in [1.165, 1.54) is 6.42 Å². The molecule has 0 heterocycles. The van der Waals surface area contributed by atoms with Crippen molar-refractivity contribution in [2.24, 2.45) is 11.7 Å². The van der Waals surface area contributed by atoms with Gasteiger partial charge in [0.15, 0.2) is 0 Å². The zero-order chi connectivity index (χ0) is 11.2. The first-order chi connectivity index (χ1) is 6.50. The van der Waals surface area contributed by atoms with Crippen LogP contribution >= 0.6 is 0 Å². The number of hydrogen-bond acceptors (Lipinski definition) is 3. The van der Waals surface area contributed by atoms with Crippen molar-refractivity contribution in [3.05, 3.63) is 0 Å². The number of nitrogens with zero attached hydrogens (tertiary/aromatic N) is 1. The van der Waals surface area contributed by atoms with Crippen LogP contribution in [0.4, 0.5) is 0 Å². The molecular formula is C11H26N2O. The summed E-state index contributed by atoms with van der Waals surface area (Å²) >= 11 is 0. The van der Waals surface area contributed by atoms with Crippen LogP contribution in [-0.2, 0) is 4.74 Å². The molecule has 0 aromatic heterocycles. The number of hydrogen-bond donors (Lipinski definition) is 1. The molecule has 0 spiro atoms. The summed E-state index contributed by atoms with van der Waals surface area (Å²) in [5.74, 6) is 0.711. The lowest BCUT2D eigenvalue weighted by molar-refractivity contribution is 0.0357. The van der Waals surface area contributed by atoms with Gasteiger partial charge in [-0.15, -0.1) is 0 Å². The highest BCUT2D eigenvalue weighted by atomic mass is 16.5. The van der Waals surface area contributed by atoms with Crippen molar-refractivity contribution in [1.29, 1.82) is 0 Å². The zero-order valence-electron chi connectivity index (χ0n) is 10.3. The molecule has 14 heavy (non-hydrogen) atoms. The summed E-state index contributed by atoms with van der Waals surface area (Å²) in [7, 11) is 3.85. The van der Waals surface area contributed by atoms with Gasteiger partial charge >= 0.3 is 0 Å². The standard InChI is InChI=1S/C11H26N2O/c1-6-10(2)7-13(4)11(3,8-12)9-14-5/h10H,6-9,12H2,1-5H3. The lowest BCUT2D eigenvalue weighted by atomic mass is 9.99. The van der Waals surface area contributed by atoms with Gasteiger partial charge in [0.2, 0.25) is 0 Å². The van der Waals surface area contributed by atoms with Crippen LogP contribution in [0.15, 0.2) is 0 Å². The third-order valence-corrected chi connectivity index (χ3v) is 3.10. The van der Waals surface area contributed by atoms with Crippen molar-refractivity contribution in [2.75, 3.05) is 33.9 Å². The lowest BCUT2D eigenvalue weighted by Crippen LogP contribution is -2.54. The maximum Gasteiger partial charge on any atom is 0.0656 e. The Labute approximate surface area is 88.6 Å². The SMILES string of the molecule is CCC(C)CN(C)C(C)(CN)COC. The maximum atomic E-state index is 5.79. The summed E-state index contributed by atoms with van der Waals surface area (Å²) in [5, 5.41) is 0. The minimum Gasteiger partial charge on any atom is -0.383 e. The molecule has 3 heteroatoms. The van der Waals surface area contributed by atoms with Gasteiger partial charge in [-0.25, -0.2) is 0 Å².